The van der Waals surface area contributed by atoms with Crippen LogP contribution in [-0.4, -0.2) is 78.8 Å². The van der Waals surface area contributed by atoms with Crippen molar-refractivity contribution in [1.82, 2.24) is 19.0 Å². The number of hydrogen-bond donors (Lipinski definition) is 0. The molecule has 12 heteroatoms. The van der Waals surface area contributed by atoms with Crippen LogP contribution < -0.4 is 0 Å². The van der Waals surface area contributed by atoms with Gasteiger partial charge >= 0.3 is 0 Å². The summed E-state index contributed by atoms with van der Waals surface area (Å²) < 4.78 is 52.2. The minimum Gasteiger partial charge on any atom is -0.282 e. The SMILES string of the molecule is Cc1nn(CN2CCN(S(=O)(=O)[C@@H]3CCS(=O)(=O)C3)CC2)c(=S)s1. The molecule has 0 aromatic carbocycles. The molecule has 136 valence electrons. The van der Waals surface area contributed by atoms with E-state index in [2.05, 4.69) is 10.00 Å². The van der Waals surface area contributed by atoms with Gasteiger partial charge in [0, 0.05) is 26.2 Å². The molecule has 0 spiro atoms. The number of hydrogen-bond acceptors (Lipinski definition) is 8. The highest BCUT2D eigenvalue weighted by molar-refractivity contribution is 7.95. The van der Waals surface area contributed by atoms with Gasteiger partial charge in [0.05, 0.1) is 23.4 Å². The molecule has 0 radical (unpaired) electrons. The molecule has 8 nitrogen and oxygen atoms in total. The highest BCUT2D eigenvalue weighted by atomic mass is 32.2. The number of aryl methyl sites for hydroxylation is 1. The van der Waals surface area contributed by atoms with Crippen LogP contribution in [0.2, 0.25) is 0 Å². The summed E-state index contributed by atoms with van der Waals surface area (Å²) in [6.07, 6.45) is 0.206. The van der Waals surface area contributed by atoms with Gasteiger partial charge in [0.1, 0.15) is 5.01 Å². The lowest BCUT2D eigenvalue weighted by atomic mass is 10.4. The second-order valence-electron chi connectivity index (χ2n) is 6.12. The Labute approximate surface area is 151 Å². The summed E-state index contributed by atoms with van der Waals surface area (Å²) in [5.41, 5.74) is 0. The number of rotatable bonds is 4. The first-order valence-electron chi connectivity index (χ1n) is 7.64. The average Bonchev–Trinajstić information content (AvgIpc) is 3.02. The molecule has 2 saturated heterocycles. The highest BCUT2D eigenvalue weighted by Gasteiger charge is 2.41. The smallest absolute Gasteiger partial charge is 0.218 e. The average molecular weight is 413 g/mol. The summed E-state index contributed by atoms with van der Waals surface area (Å²) in [5.74, 6) is -0.277. The molecular weight excluding hydrogens is 392 g/mol. The van der Waals surface area contributed by atoms with Crippen molar-refractivity contribution in [1.29, 1.82) is 0 Å². The van der Waals surface area contributed by atoms with E-state index in [4.69, 9.17) is 12.2 Å². The number of aromatic nitrogens is 2. The van der Waals surface area contributed by atoms with Crippen LogP contribution >= 0.6 is 23.6 Å². The monoisotopic (exact) mass is 412 g/mol. The Morgan fingerprint density at radius 2 is 1.96 bits per heavy atom. The van der Waals surface area contributed by atoms with Gasteiger partial charge in [-0.05, 0) is 25.6 Å². The molecular formula is C12H20N4O4S4. The molecule has 3 heterocycles. The Kier molecular flexibility index (Phi) is 5.15. The van der Waals surface area contributed by atoms with Crippen molar-refractivity contribution in [3.05, 3.63) is 8.96 Å². The number of nitrogens with zero attached hydrogens (tertiary/aromatic N) is 4. The summed E-state index contributed by atoms with van der Waals surface area (Å²) in [6, 6.07) is 0. The van der Waals surface area contributed by atoms with E-state index in [-0.39, 0.29) is 17.9 Å². The first-order valence-corrected chi connectivity index (χ1v) is 12.2. The quantitative estimate of drug-likeness (QED) is 0.646. The Morgan fingerprint density at radius 3 is 2.46 bits per heavy atom. The zero-order valence-corrected chi connectivity index (χ0v) is 16.6. The van der Waals surface area contributed by atoms with Crippen LogP contribution in [0.5, 0.6) is 0 Å². The lowest BCUT2D eigenvalue weighted by Gasteiger charge is -2.34. The Morgan fingerprint density at radius 1 is 1.29 bits per heavy atom. The molecule has 3 rings (SSSR count). The molecule has 0 aliphatic carbocycles. The number of sulfone groups is 1. The Bertz CT molecular complexity index is 865. The second-order valence-corrected chi connectivity index (χ2v) is 12.4. The molecule has 24 heavy (non-hydrogen) atoms. The first kappa shape index (κ1) is 18.4. The van der Waals surface area contributed by atoms with E-state index < -0.39 is 25.1 Å². The van der Waals surface area contributed by atoms with Crippen LogP contribution in [0, 0.1) is 10.9 Å². The van der Waals surface area contributed by atoms with Crippen LogP contribution in [0.25, 0.3) is 0 Å². The molecule has 2 fully saturated rings. The van der Waals surface area contributed by atoms with Gasteiger partial charge in [-0.1, -0.05) is 11.3 Å². The molecule has 2 aliphatic rings. The third-order valence-electron chi connectivity index (χ3n) is 4.34. The summed E-state index contributed by atoms with van der Waals surface area (Å²) in [6.45, 7) is 4.35. The van der Waals surface area contributed by atoms with Crippen molar-refractivity contribution in [3.8, 4) is 0 Å². The van der Waals surface area contributed by atoms with Gasteiger partial charge in [-0.25, -0.2) is 21.5 Å². The largest absolute Gasteiger partial charge is 0.282 e. The fraction of sp³-hybridized carbons (Fsp3) is 0.833. The van der Waals surface area contributed by atoms with E-state index in [1.807, 2.05) is 6.92 Å². The van der Waals surface area contributed by atoms with Crippen LogP contribution in [-0.2, 0) is 26.5 Å². The van der Waals surface area contributed by atoms with E-state index in [0.717, 1.165) is 5.01 Å². The zero-order chi connectivity index (χ0) is 17.5. The number of piperazine rings is 1. The molecule has 0 bridgehead atoms. The predicted octanol–water partition coefficient (Wildman–Crippen LogP) is 0.0745. The Hall–Kier alpha value is -0.400. The lowest BCUT2D eigenvalue weighted by Crippen LogP contribution is -2.51. The molecule has 1 atom stereocenters. The van der Waals surface area contributed by atoms with Crippen molar-refractivity contribution in [3.63, 3.8) is 0 Å². The van der Waals surface area contributed by atoms with Crippen molar-refractivity contribution >= 4 is 43.4 Å². The normalized spacial score (nSPS) is 26.0. The van der Waals surface area contributed by atoms with Gasteiger partial charge < -0.3 is 0 Å². The van der Waals surface area contributed by atoms with E-state index in [0.29, 0.717) is 36.8 Å². The standard InChI is InChI=1S/C12H20N4O4S4/c1-10-13-16(12(21)22-10)9-14-3-5-15(6-4-14)24(19,20)11-2-7-23(17,18)8-11/h11H,2-9H2,1H3/t11-/m1/s1. The Balaban J connectivity index is 1.60. The van der Waals surface area contributed by atoms with Crippen molar-refractivity contribution in [2.75, 3.05) is 37.7 Å². The molecule has 1 aromatic rings. The maximum absolute atomic E-state index is 12.6. The minimum absolute atomic E-state index is 0.0295. The highest BCUT2D eigenvalue weighted by Crippen LogP contribution is 2.23. The van der Waals surface area contributed by atoms with Gasteiger partial charge in [-0.15, -0.1) is 0 Å². The lowest BCUT2D eigenvalue weighted by molar-refractivity contribution is 0.144. The van der Waals surface area contributed by atoms with E-state index in [1.54, 1.807) is 4.68 Å². The van der Waals surface area contributed by atoms with Crippen molar-refractivity contribution < 1.29 is 16.8 Å². The fourth-order valence-electron chi connectivity index (χ4n) is 3.02. The first-order chi connectivity index (χ1) is 11.2. The van der Waals surface area contributed by atoms with Gasteiger partial charge in [0.15, 0.2) is 13.8 Å². The predicted molar refractivity (Wildman–Crippen MR) is 94.8 cm³/mol. The zero-order valence-electron chi connectivity index (χ0n) is 13.3. The van der Waals surface area contributed by atoms with Crippen molar-refractivity contribution in [2.45, 2.75) is 25.3 Å². The van der Waals surface area contributed by atoms with E-state index in [9.17, 15) is 16.8 Å². The summed E-state index contributed by atoms with van der Waals surface area (Å²) in [4.78, 5) is 2.10. The molecule has 0 amide bonds. The maximum atomic E-state index is 12.6. The van der Waals surface area contributed by atoms with Crippen LogP contribution in [0.1, 0.15) is 11.4 Å². The molecule has 0 unspecified atom stereocenters. The molecule has 2 aliphatic heterocycles. The molecule has 1 aromatic heterocycles. The van der Waals surface area contributed by atoms with Crippen LogP contribution in [0.3, 0.4) is 0 Å². The summed E-state index contributed by atoms with van der Waals surface area (Å²) in [5, 5.41) is 4.46. The van der Waals surface area contributed by atoms with Crippen LogP contribution in [0.4, 0.5) is 0 Å². The van der Waals surface area contributed by atoms with Gasteiger partial charge in [0.2, 0.25) is 10.0 Å². The molecule has 0 saturated carbocycles. The van der Waals surface area contributed by atoms with E-state index in [1.165, 1.54) is 15.6 Å². The van der Waals surface area contributed by atoms with E-state index >= 15 is 0 Å². The maximum Gasteiger partial charge on any atom is 0.218 e. The molecule has 0 N–H and O–H groups in total. The van der Waals surface area contributed by atoms with Gasteiger partial charge in [0.25, 0.3) is 0 Å². The third-order valence-corrected chi connectivity index (χ3v) is 9.88. The fourth-order valence-corrected chi connectivity index (χ4v) is 8.59. The summed E-state index contributed by atoms with van der Waals surface area (Å²) >= 11 is 6.70. The van der Waals surface area contributed by atoms with Crippen molar-refractivity contribution in [2.24, 2.45) is 0 Å². The second kappa shape index (κ2) is 6.72. The third kappa shape index (κ3) is 3.88. The topological polar surface area (TPSA) is 92.6 Å². The number of sulfonamides is 1. The van der Waals surface area contributed by atoms with Crippen LogP contribution in [0.15, 0.2) is 0 Å². The van der Waals surface area contributed by atoms with Gasteiger partial charge in [-0.3, -0.25) is 4.90 Å². The minimum atomic E-state index is -3.55. The van der Waals surface area contributed by atoms with Gasteiger partial charge in [-0.2, -0.15) is 9.40 Å². The summed E-state index contributed by atoms with van der Waals surface area (Å²) in [7, 11) is -6.76.